The molecule has 0 spiro atoms. The number of primary amides is 1. The molecule has 0 saturated heterocycles. The molecular weight excluding hydrogens is 372 g/mol. The molecule has 30 heavy (non-hydrogen) atoms. The number of benzene rings is 2. The fraction of sp³-hybridized carbons (Fsp3) is 0.200. The summed E-state index contributed by atoms with van der Waals surface area (Å²) in [6.07, 6.45) is 4.98. The van der Waals surface area contributed by atoms with Crippen LogP contribution < -0.4 is 11.1 Å². The quantitative estimate of drug-likeness (QED) is 0.484. The normalized spacial score (nSPS) is 13.4. The number of nitrogens with zero attached hydrogens (tertiary/aromatic N) is 1. The topological polar surface area (TPSA) is 83.8 Å². The molecule has 2 aromatic heterocycles. The van der Waals surface area contributed by atoms with Crippen molar-refractivity contribution in [3.63, 3.8) is 0 Å². The van der Waals surface area contributed by atoms with Crippen LogP contribution in [0.4, 0.5) is 0 Å². The minimum absolute atomic E-state index is 0.396. The molecule has 3 heterocycles. The molecule has 0 aliphatic carbocycles. The molecule has 0 fully saturated rings. The van der Waals surface area contributed by atoms with Crippen molar-refractivity contribution in [2.75, 3.05) is 6.54 Å². The second kappa shape index (κ2) is 7.11. The zero-order valence-corrected chi connectivity index (χ0v) is 17.2. The van der Waals surface area contributed by atoms with Crippen molar-refractivity contribution < 1.29 is 4.79 Å². The Balaban J connectivity index is 1.63. The molecule has 2 aromatic carbocycles. The number of H-pyrrole nitrogens is 1. The number of amides is 1. The SMILES string of the molecule is Cc1c(C(N)=O)ccc(-c2c[nH]c3ncc(-c4ccc5c(c4)CCNC5)cc23)c1C. The van der Waals surface area contributed by atoms with E-state index in [4.69, 9.17) is 5.73 Å². The van der Waals surface area contributed by atoms with Gasteiger partial charge in [0.15, 0.2) is 0 Å². The molecule has 150 valence electrons. The average Bonchev–Trinajstić information content (AvgIpc) is 3.18. The molecule has 0 saturated carbocycles. The summed E-state index contributed by atoms with van der Waals surface area (Å²) in [6, 6.07) is 12.7. The van der Waals surface area contributed by atoms with E-state index < -0.39 is 5.91 Å². The standard InChI is InChI=1S/C25H24N4O/c1-14-15(2)21(24(26)30)6-5-20(14)23-13-29-25-22(23)10-19(12-28-25)16-3-4-18-11-27-8-7-17(18)9-16/h3-6,9-10,12-13,27H,7-8,11H2,1-2H3,(H2,26,30)(H,28,29). The Bertz CT molecular complexity index is 1300. The smallest absolute Gasteiger partial charge is 0.248 e. The van der Waals surface area contributed by atoms with Gasteiger partial charge in [-0.25, -0.2) is 4.98 Å². The Kier molecular flexibility index (Phi) is 4.40. The summed E-state index contributed by atoms with van der Waals surface area (Å²) in [5.74, 6) is -0.396. The first-order valence-electron chi connectivity index (χ1n) is 10.2. The fourth-order valence-corrected chi connectivity index (χ4v) is 4.42. The Morgan fingerprint density at radius 3 is 2.70 bits per heavy atom. The Labute approximate surface area is 175 Å². The number of carbonyl (C=O) groups excluding carboxylic acids is 1. The third-order valence-corrected chi connectivity index (χ3v) is 6.30. The van der Waals surface area contributed by atoms with E-state index >= 15 is 0 Å². The number of rotatable bonds is 3. The van der Waals surface area contributed by atoms with E-state index in [0.29, 0.717) is 5.56 Å². The van der Waals surface area contributed by atoms with Gasteiger partial charge in [0.1, 0.15) is 5.65 Å². The zero-order chi connectivity index (χ0) is 20.8. The Morgan fingerprint density at radius 1 is 1.00 bits per heavy atom. The van der Waals surface area contributed by atoms with Crippen molar-refractivity contribution >= 4 is 16.9 Å². The number of fused-ring (bicyclic) bond motifs is 2. The molecule has 4 N–H and O–H groups in total. The number of hydrogen-bond acceptors (Lipinski definition) is 3. The third-order valence-electron chi connectivity index (χ3n) is 6.30. The van der Waals surface area contributed by atoms with Gasteiger partial charge < -0.3 is 16.0 Å². The van der Waals surface area contributed by atoms with Crippen molar-refractivity contribution in [3.8, 4) is 22.3 Å². The molecule has 0 bridgehead atoms. The first kappa shape index (κ1) is 18.6. The van der Waals surface area contributed by atoms with Gasteiger partial charge in [-0.3, -0.25) is 4.79 Å². The molecule has 0 radical (unpaired) electrons. The molecule has 5 nitrogen and oxygen atoms in total. The van der Waals surface area contributed by atoms with Crippen LogP contribution in [0.1, 0.15) is 32.6 Å². The van der Waals surface area contributed by atoms with Gasteiger partial charge in [0.2, 0.25) is 5.91 Å². The molecule has 4 aromatic rings. The van der Waals surface area contributed by atoms with Gasteiger partial charge in [0, 0.05) is 41.0 Å². The summed E-state index contributed by atoms with van der Waals surface area (Å²) in [6.45, 7) is 5.94. The highest BCUT2D eigenvalue weighted by molar-refractivity contribution is 5.99. The van der Waals surface area contributed by atoms with Crippen molar-refractivity contribution in [3.05, 3.63) is 76.6 Å². The summed E-state index contributed by atoms with van der Waals surface area (Å²) >= 11 is 0. The number of carbonyl (C=O) groups is 1. The molecular formula is C25H24N4O. The van der Waals surface area contributed by atoms with Crippen molar-refractivity contribution in [1.82, 2.24) is 15.3 Å². The predicted molar refractivity (Wildman–Crippen MR) is 120 cm³/mol. The number of nitrogens with one attached hydrogen (secondary N) is 2. The van der Waals surface area contributed by atoms with Crippen molar-refractivity contribution in [1.29, 1.82) is 0 Å². The Hall–Kier alpha value is -3.44. The van der Waals surface area contributed by atoms with Gasteiger partial charge in [0.05, 0.1) is 0 Å². The largest absolute Gasteiger partial charge is 0.366 e. The minimum Gasteiger partial charge on any atom is -0.366 e. The second-order valence-electron chi connectivity index (χ2n) is 8.01. The average molecular weight is 396 g/mol. The van der Waals surface area contributed by atoms with Crippen LogP contribution in [-0.4, -0.2) is 22.4 Å². The van der Waals surface area contributed by atoms with Crippen LogP contribution >= 0.6 is 0 Å². The molecule has 1 amide bonds. The Morgan fingerprint density at radius 2 is 1.87 bits per heavy atom. The lowest BCUT2D eigenvalue weighted by atomic mass is 9.92. The highest BCUT2D eigenvalue weighted by Gasteiger charge is 2.16. The van der Waals surface area contributed by atoms with E-state index in [-0.39, 0.29) is 0 Å². The van der Waals surface area contributed by atoms with Crippen molar-refractivity contribution in [2.24, 2.45) is 5.73 Å². The van der Waals surface area contributed by atoms with E-state index in [1.807, 2.05) is 38.4 Å². The van der Waals surface area contributed by atoms with Gasteiger partial charge in [-0.05, 0) is 72.3 Å². The maximum Gasteiger partial charge on any atom is 0.248 e. The maximum absolute atomic E-state index is 11.7. The van der Waals surface area contributed by atoms with Gasteiger partial charge >= 0.3 is 0 Å². The van der Waals surface area contributed by atoms with Crippen LogP contribution in [-0.2, 0) is 13.0 Å². The van der Waals surface area contributed by atoms with E-state index in [9.17, 15) is 4.79 Å². The van der Waals surface area contributed by atoms with Gasteiger partial charge in [-0.1, -0.05) is 24.3 Å². The summed E-state index contributed by atoms with van der Waals surface area (Å²) in [5.41, 5.74) is 16.2. The van der Waals surface area contributed by atoms with Crippen LogP contribution in [0.25, 0.3) is 33.3 Å². The fourth-order valence-electron chi connectivity index (χ4n) is 4.42. The lowest BCUT2D eigenvalue weighted by Gasteiger charge is -2.18. The minimum atomic E-state index is -0.396. The van der Waals surface area contributed by atoms with Crippen LogP contribution in [0.5, 0.6) is 0 Å². The first-order chi connectivity index (χ1) is 14.5. The molecule has 0 unspecified atom stereocenters. The molecule has 5 heteroatoms. The van der Waals surface area contributed by atoms with Gasteiger partial charge in [-0.2, -0.15) is 0 Å². The van der Waals surface area contributed by atoms with E-state index in [1.165, 1.54) is 16.7 Å². The number of pyridine rings is 1. The summed E-state index contributed by atoms with van der Waals surface area (Å²) in [4.78, 5) is 19.6. The number of aromatic amines is 1. The van der Waals surface area contributed by atoms with Gasteiger partial charge in [-0.15, -0.1) is 0 Å². The molecule has 1 aliphatic heterocycles. The van der Waals surface area contributed by atoms with E-state index in [1.54, 1.807) is 0 Å². The number of hydrogen-bond donors (Lipinski definition) is 3. The highest BCUT2D eigenvalue weighted by Crippen LogP contribution is 2.35. The number of aromatic nitrogens is 2. The predicted octanol–water partition coefficient (Wildman–Crippen LogP) is 4.26. The van der Waals surface area contributed by atoms with Crippen LogP contribution in [0.15, 0.2) is 48.8 Å². The maximum atomic E-state index is 11.7. The van der Waals surface area contributed by atoms with E-state index in [2.05, 4.69) is 39.6 Å². The molecule has 0 atom stereocenters. The molecule has 5 rings (SSSR count). The summed E-state index contributed by atoms with van der Waals surface area (Å²) < 4.78 is 0. The van der Waals surface area contributed by atoms with Crippen LogP contribution in [0, 0.1) is 13.8 Å². The zero-order valence-electron chi connectivity index (χ0n) is 17.2. The van der Waals surface area contributed by atoms with Gasteiger partial charge in [0.25, 0.3) is 0 Å². The second-order valence-corrected chi connectivity index (χ2v) is 8.01. The third kappa shape index (κ3) is 2.99. The monoisotopic (exact) mass is 396 g/mol. The van der Waals surface area contributed by atoms with E-state index in [0.717, 1.165) is 58.4 Å². The van der Waals surface area contributed by atoms with Crippen molar-refractivity contribution in [2.45, 2.75) is 26.8 Å². The van der Waals surface area contributed by atoms with Crippen LogP contribution in [0.2, 0.25) is 0 Å². The lowest BCUT2D eigenvalue weighted by Crippen LogP contribution is -2.23. The molecule has 1 aliphatic rings. The summed E-state index contributed by atoms with van der Waals surface area (Å²) in [5, 5.41) is 4.49. The summed E-state index contributed by atoms with van der Waals surface area (Å²) in [7, 11) is 0. The first-order valence-corrected chi connectivity index (χ1v) is 10.2. The highest BCUT2D eigenvalue weighted by atomic mass is 16.1. The van der Waals surface area contributed by atoms with Crippen LogP contribution in [0.3, 0.4) is 0 Å². The number of nitrogens with two attached hydrogens (primary N) is 1. The lowest BCUT2D eigenvalue weighted by molar-refractivity contribution is 0.0999.